The van der Waals surface area contributed by atoms with Gasteiger partial charge in [-0.05, 0) is 45.0 Å². The molecular formula is C20H27N5O5. The maximum absolute atomic E-state index is 12.4. The lowest BCUT2D eigenvalue weighted by Crippen LogP contribution is -2.43. The van der Waals surface area contributed by atoms with E-state index in [0.29, 0.717) is 54.8 Å². The molecule has 1 aromatic heterocycles. The minimum atomic E-state index is -0.114. The number of carbonyl (C=O) groups is 2. The van der Waals surface area contributed by atoms with Crippen LogP contribution in [-0.4, -0.2) is 60.7 Å². The quantitative estimate of drug-likeness (QED) is 0.661. The number of methoxy groups -OCH3 is 2. The fourth-order valence-electron chi connectivity index (χ4n) is 3.39. The average Bonchev–Trinajstić information content (AvgIpc) is 3.17. The van der Waals surface area contributed by atoms with Crippen LogP contribution < -0.4 is 20.1 Å². The van der Waals surface area contributed by atoms with Gasteiger partial charge in [0.2, 0.25) is 17.7 Å². The second-order valence-corrected chi connectivity index (χ2v) is 7.12. The SMILES string of the molecule is COc1ccc(NC(=O)CN2CCC(C(=O)NCc3nc(C)no3)CC2)cc1OC. The Morgan fingerprint density at radius 2 is 1.93 bits per heavy atom. The second-order valence-electron chi connectivity index (χ2n) is 7.12. The highest BCUT2D eigenvalue weighted by Crippen LogP contribution is 2.29. The van der Waals surface area contributed by atoms with Crippen LogP contribution in [0.5, 0.6) is 11.5 Å². The number of amides is 2. The summed E-state index contributed by atoms with van der Waals surface area (Å²) in [6.45, 7) is 3.58. The first-order valence-corrected chi connectivity index (χ1v) is 9.79. The molecule has 0 bridgehead atoms. The number of anilines is 1. The van der Waals surface area contributed by atoms with E-state index in [1.165, 1.54) is 0 Å². The largest absolute Gasteiger partial charge is 0.493 e. The molecule has 3 rings (SSSR count). The average molecular weight is 417 g/mol. The van der Waals surface area contributed by atoms with Crippen molar-refractivity contribution in [2.24, 2.45) is 5.92 Å². The van der Waals surface area contributed by atoms with Gasteiger partial charge in [-0.3, -0.25) is 14.5 Å². The predicted octanol–water partition coefficient (Wildman–Crippen LogP) is 1.36. The lowest BCUT2D eigenvalue weighted by Gasteiger charge is -2.30. The van der Waals surface area contributed by atoms with E-state index in [2.05, 4.69) is 20.8 Å². The zero-order chi connectivity index (χ0) is 21.5. The standard InChI is InChI=1S/C20H27N5O5/c1-13-22-19(30-24-13)11-21-20(27)14-6-8-25(9-7-14)12-18(26)23-15-4-5-16(28-2)17(10-15)29-3/h4-5,10,14H,6-9,11-12H2,1-3H3,(H,21,27)(H,23,26). The van der Waals surface area contributed by atoms with Crippen LogP contribution in [0.4, 0.5) is 5.69 Å². The highest BCUT2D eigenvalue weighted by Gasteiger charge is 2.26. The van der Waals surface area contributed by atoms with Gasteiger partial charge in [-0.1, -0.05) is 5.16 Å². The van der Waals surface area contributed by atoms with E-state index in [9.17, 15) is 9.59 Å². The summed E-state index contributed by atoms with van der Waals surface area (Å²) in [7, 11) is 3.11. The van der Waals surface area contributed by atoms with E-state index >= 15 is 0 Å². The third-order valence-corrected chi connectivity index (χ3v) is 4.98. The summed E-state index contributed by atoms with van der Waals surface area (Å²) in [5, 5.41) is 9.40. The summed E-state index contributed by atoms with van der Waals surface area (Å²) in [6.07, 6.45) is 1.39. The van der Waals surface area contributed by atoms with E-state index in [-0.39, 0.29) is 30.8 Å². The van der Waals surface area contributed by atoms with Gasteiger partial charge in [0.25, 0.3) is 0 Å². The van der Waals surface area contributed by atoms with Crippen molar-refractivity contribution in [1.82, 2.24) is 20.4 Å². The summed E-state index contributed by atoms with van der Waals surface area (Å²) >= 11 is 0. The molecule has 0 unspecified atom stereocenters. The van der Waals surface area contributed by atoms with Gasteiger partial charge in [-0.25, -0.2) is 0 Å². The molecule has 162 valence electrons. The Hall–Kier alpha value is -3.14. The molecule has 10 heteroatoms. The van der Waals surface area contributed by atoms with E-state index in [1.54, 1.807) is 39.3 Å². The molecule has 2 aromatic rings. The smallest absolute Gasteiger partial charge is 0.246 e. The molecular weight excluding hydrogens is 390 g/mol. The maximum atomic E-state index is 12.4. The van der Waals surface area contributed by atoms with Crippen molar-refractivity contribution >= 4 is 17.5 Å². The second kappa shape index (κ2) is 10.1. The monoisotopic (exact) mass is 417 g/mol. The summed E-state index contributed by atoms with van der Waals surface area (Å²) in [5.74, 6) is 1.86. The summed E-state index contributed by atoms with van der Waals surface area (Å²) in [5.41, 5.74) is 0.642. The molecule has 0 spiro atoms. The minimum Gasteiger partial charge on any atom is -0.493 e. The van der Waals surface area contributed by atoms with Gasteiger partial charge >= 0.3 is 0 Å². The van der Waals surface area contributed by atoms with Crippen LogP contribution in [0, 0.1) is 12.8 Å². The molecule has 0 aliphatic carbocycles. The predicted molar refractivity (Wildman–Crippen MR) is 108 cm³/mol. The number of benzene rings is 1. The summed E-state index contributed by atoms with van der Waals surface area (Å²) < 4.78 is 15.4. The van der Waals surface area contributed by atoms with Crippen molar-refractivity contribution in [3.63, 3.8) is 0 Å². The Morgan fingerprint density at radius 1 is 1.20 bits per heavy atom. The molecule has 10 nitrogen and oxygen atoms in total. The molecule has 0 radical (unpaired) electrons. The molecule has 1 aromatic carbocycles. The fourth-order valence-corrected chi connectivity index (χ4v) is 3.39. The summed E-state index contributed by atoms with van der Waals surface area (Å²) in [6, 6.07) is 5.23. The first-order valence-electron chi connectivity index (χ1n) is 9.79. The third kappa shape index (κ3) is 5.69. The third-order valence-electron chi connectivity index (χ3n) is 4.98. The number of likely N-dealkylation sites (tertiary alicyclic amines) is 1. The van der Waals surface area contributed by atoms with Crippen molar-refractivity contribution in [2.75, 3.05) is 39.2 Å². The number of ether oxygens (including phenoxy) is 2. The van der Waals surface area contributed by atoms with Gasteiger partial charge in [0.05, 0.1) is 27.3 Å². The number of hydrogen-bond donors (Lipinski definition) is 2. The Balaban J connectivity index is 1.41. The van der Waals surface area contributed by atoms with E-state index in [1.807, 2.05) is 4.90 Å². The first kappa shape index (κ1) is 21.6. The van der Waals surface area contributed by atoms with Gasteiger partial charge in [0.1, 0.15) is 0 Å². The number of nitrogens with one attached hydrogen (secondary N) is 2. The Morgan fingerprint density at radius 3 is 2.57 bits per heavy atom. The maximum Gasteiger partial charge on any atom is 0.246 e. The van der Waals surface area contributed by atoms with Crippen LogP contribution >= 0.6 is 0 Å². The Bertz CT molecular complexity index is 876. The highest BCUT2D eigenvalue weighted by molar-refractivity contribution is 5.92. The number of rotatable bonds is 8. The number of hydrogen-bond acceptors (Lipinski definition) is 8. The molecule has 1 aliphatic heterocycles. The number of nitrogens with zero attached hydrogens (tertiary/aromatic N) is 3. The summed E-state index contributed by atoms with van der Waals surface area (Å²) in [4.78, 5) is 30.8. The Kier molecular flexibility index (Phi) is 7.23. The van der Waals surface area contributed by atoms with Crippen LogP contribution in [0.25, 0.3) is 0 Å². The zero-order valence-electron chi connectivity index (χ0n) is 17.4. The van der Waals surface area contributed by atoms with Crippen molar-refractivity contribution < 1.29 is 23.6 Å². The lowest BCUT2D eigenvalue weighted by molar-refractivity contribution is -0.126. The molecule has 0 saturated carbocycles. The van der Waals surface area contributed by atoms with E-state index < -0.39 is 0 Å². The zero-order valence-corrected chi connectivity index (χ0v) is 17.4. The molecule has 1 fully saturated rings. The molecule has 1 aliphatic rings. The van der Waals surface area contributed by atoms with Crippen molar-refractivity contribution in [3.8, 4) is 11.5 Å². The highest BCUT2D eigenvalue weighted by atomic mass is 16.5. The number of carbonyl (C=O) groups excluding carboxylic acids is 2. The van der Waals surface area contributed by atoms with Gasteiger partial charge in [-0.2, -0.15) is 4.98 Å². The van der Waals surface area contributed by atoms with Crippen LogP contribution in [0.2, 0.25) is 0 Å². The van der Waals surface area contributed by atoms with Gasteiger partial charge in [0.15, 0.2) is 17.3 Å². The van der Waals surface area contributed by atoms with Crippen LogP contribution in [-0.2, 0) is 16.1 Å². The van der Waals surface area contributed by atoms with Gasteiger partial charge in [0, 0.05) is 17.7 Å². The van der Waals surface area contributed by atoms with Crippen molar-refractivity contribution in [1.29, 1.82) is 0 Å². The minimum absolute atomic E-state index is 0.0275. The van der Waals surface area contributed by atoms with Crippen LogP contribution in [0.15, 0.2) is 22.7 Å². The van der Waals surface area contributed by atoms with Crippen molar-refractivity contribution in [3.05, 3.63) is 29.9 Å². The topological polar surface area (TPSA) is 119 Å². The number of aryl methyl sites for hydroxylation is 1. The molecule has 2 heterocycles. The van der Waals surface area contributed by atoms with E-state index in [0.717, 1.165) is 0 Å². The molecule has 30 heavy (non-hydrogen) atoms. The van der Waals surface area contributed by atoms with Gasteiger partial charge < -0.3 is 24.6 Å². The molecule has 2 amide bonds. The van der Waals surface area contributed by atoms with Crippen molar-refractivity contribution in [2.45, 2.75) is 26.3 Å². The Labute approximate surface area is 174 Å². The molecule has 2 N–H and O–H groups in total. The number of aromatic nitrogens is 2. The normalized spacial score (nSPS) is 14.9. The molecule has 0 atom stereocenters. The lowest BCUT2D eigenvalue weighted by atomic mass is 9.96. The van der Waals surface area contributed by atoms with E-state index in [4.69, 9.17) is 14.0 Å². The fraction of sp³-hybridized carbons (Fsp3) is 0.500. The van der Waals surface area contributed by atoms with Crippen LogP contribution in [0.1, 0.15) is 24.6 Å². The van der Waals surface area contributed by atoms with Crippen LogP contribution in [0.3, 0.4) is 0 Å². The first-order chi connectivity index (χ1) is 14.5. The number of piperidine rings is 1. The molecule has 1 saturated heterocycles. The van der Waals surface area contributed by atoms with Gasteiger partial charge in [-0.15, -0.1) is 0 Å².